The number of fused-ring (bicyclic) bond motifs is 1. The Labute approximate surface area is 131 Å². The van der Waals surface area contributed by atoms with Gasteiger partial charge in [-0.1, -0.05) is 18.2 Å². The van der Waals surface area contributed by atoms with E-state index in [1.807, 2.05) is 13.0 Å². The molecule has 0 saturated heterocycles. The van der Waals surface area contributed by atoms with Crippen LogP contribution in [0, 0.1) is 11.3 Å². The summed E-state index contributed by atoms with van der Waals surface area (Å²) in [6.07, 6.45) is -2.72. The molecule has 0 spiro atoms. The fourth-order valence-electron chi connectivity index (χ4n) is 2.80. The van der Waals surface area contributed by atoms with Crippen molar-refractivity contribution < 1.29 is 13.2 Å². The minimum atomic E-state index is -4.38. The molecule has 0 radical (unpaired) electrons. The van der Waals surface area contributed by atoms with E-state index in [9.17, 15) is 13.2 Å². The number of aromatic nitrogens is 1. The summed E-state index contributed by atoms with van der Waals surface area (Å²) in [5.74, 6) is 0. The Bertz CT molecular complexity index is 901. The van der Waals surface area contributed by atoms with Gasteiger partial charge in [0.2, 0.25) is 0 Å². The maximum atomic E-state index is 13.1. The lowest BCUT2D eigenvalue weighted by Crippen LogP contribution is -2.07. The van der Waals surface area contributed by atoms with Crippen LogP contribution < -0.4 is 0 Å². The van der Waals surface area contributed by atoms with Crippen LogP contribution in [0.5, 0.6) is 0 Å². The van der Waals surface area contributed by atoms with Gasteiger partial charge in [0.1, 0.15) is 0 Å². The third-order valence-electron chi connectivity index (χ3n) is 3.98. The van der Waals surface area contributed by atoms with Crippen LogP contribution in [0.3, 0.4) is 0 Å². The van der Waals surface area contributed by atoms with Gasteiger partial charge in [0.25, 0.3) is 0 Å². The molecule has 1 heterocycles. The van der Waals surface area contributed by atoms with E-state index in [2.05, 4.69) is 6.07 Å². The summed E-state index contributed by atoms with van der Waals surface area (Å²) in [6.45, 7) is 1.90. The molecule has 0 aliphatic rings. The summed E-state index contributed by atoms with van der Waals surface area (Å²) in [5.41, 5.74) is 1.29. The quantitative estimate of drug-likeness (QED) is 0.643. The van der Waals surface area contributed by atoms with Crippen LogP contribution in [-0.4, -0.2) is 4.57 Å². The zero-order valence-corrected chi connectivity index (χ0v) is 12.3. The first kappa shape index (κ1) is 15.2. The summed E-state index contributed by atoms with van der Waals surface area (Å²) in [7, 11) is 0. The normalized spacial score (nSPS) is 13.0. The van der Waals surface area contributed by atoms with Crippen LogP contribution >= 0.6 is 0 Å². The van der Waals surface area contributed by atoms with E-state index in [1.165, 1.54) is 12.1 Å². The van der Waals surface area contributed by atoms with Crippen molar-refractivity contribution in [1.82, 2.24) is 4.57 Å². The Morgan fingerprint density at radius 1 is 1.09 bits per heavy atom. The molecule has 1 aromatic heterocycles. The number of nitriles is 1. The Kier molecular flexibility index (Phi) is 3.61. The molecule has 0 saturated carbocycles. The first-order valence-electron chi connectivity index (χ1n) is 7.08. The molecule has 5 heteroatoms. The van der Waals surface area contributed by atoms with Crippen LogP contribution in [0.25, 0.3) is 10.9 Å². The Hall–Kier alpha value is -2.74. The van der Waals surface area contributed by atoms with Gasteiger partial charge in [-0.05, 0) is 42.8 Å². The van der Waals surface area contributed by atoms with Crippen molar-refractivity contribution in [2.75, 3.05) is 0 Å². The summed E-state index contributed by atoms with van der Waals surface area (Å²) < 4.78 is 41.1. The number of hydrogen-bond acceptors (Lipinski definition) is 1. The summed E-state index contributed by atoms with van der Waals surface area (Å²) in [4.78, 5) is 0. The highest BCUT2D eigenvalue weighted by molar-refractivity contribution is 5.84. The topological polar surface area (TPSA) is 28.7 Å². The predicted octanol–water partition coefficient (Wildman–Crippen LogP) is 5.14. The molecular weight excluding hydrogens is 301 g/mol. The first-order valence-corrected chi connectivity index (χ1v) is 7.08. The van der Waals surface area contributed by atoms with Crippen molar-refractivity contribution in [2.45, 2.75) is 19.1 Å². The van der Waals surface area contributed by atoms with E-state index in [1.54, 1.807) is 35.0 Å². The second kappa shape index (κ2) is 5.47. The third-order valence-corrected chi connectivity index (χ3v) is 3.98. The van der Waals surface area contributed by atoms with Gasteiger partial charge in [0.05, 0.1) is 23.2 Å². The van der Waals surface area contributed by atoms with Crippen molar-refractivity contribution in [3.8, 4) is 6.07 Å². The number of alkyl halides is 3. The molecular formula is C18H13F3N2. The molecule has 23 heavy (non-hydrogen) atoms. The van der Waals surface area contributed by atoms with Crippen molar-refractivity contribution in [3.05, 3.63) is 71.4 Å². The van der Waals surface area contributed by atoms with Crippen molar-refractivity contribution in [1.29, 1.82) is 5.26 Å². The zero-order chi connectivity index (χ0) is 16.6. The number of halogens is 3. The Morgan fingerprint density at radius 3 is 2.52 bits per heavy atom. The average Bonchev–Trinajstić information content (AvgIpc) is 2.97. The standard InChI is InChI=1S/C18H13F3N2/c1-12(14-5-2-4-13(10-14)11-22)23-9-8-15-16(18(19,20)21)6-3-7-17(15)23/h2-10,12H,1H3. The van der Waals surface area contributed by atoms with E-state index >= 15 is 0 Å². The monoisotopic (exact) mass is 314 g/mol. The number of hydrogen-bond donors (Lipinski definition) is 0. The Morgan fingerprint density at radius 2 is 1.83 bits per heavy atom. The highest BCUT2D eigenvalue weighted by Gasteiger charge is 2.33. The maximum Gasteiger partial charge on any atom is 0.417 e. The molecule has 1 atom stereocenters. The smallest absolute Gasteiger partial charge is 0.340 e. The lowest BCUT2D eigenvalue weighted by molar-refractivity contribution is -0.136. The lowest BCUT2D eigenvalue weighted by atomic mass is 10.0. The zero-order valence-electron chi connectivity index (χ0n) is 12.3. The van der Waals surface area contributed by atoms with E-state index in [0.29, 0.717) is 11.1 Å². The molecule has 0 fully saturated rings. The summed E-state index contributed by atoms with van der Waals surface area (Å²) in [5, 5.41) is 9.17. The van der Waals surface area contributed by atoms with Crippen molar-refractivity contribution in [2.24, 2.45) is 0 Å². The molecule has 3 rings (SSSR count). The SMILES string of the molecule is CC(c1cccc(C#N)c1)n1ccc2c(C(F)(F)F)cccc21. The molecule has 2 aromatic carbocycles. The fraction of sp³-hybridized carbons (Fsp3) is 0.167. The second-order valence-corrected chi connectivity index (χ2v) is 5.37. The molecule has 0 bridgehead atoms. The third kappa shape index (κ3) is 2.68. The molecule has 2 nitrogen and oxygen atoms in total. The molecule has 0 aliphatic heterocycles. The Balaban J connectivity index is 2.12. The van der Waals surface area contributed by atoms with E-state index in [0.717, 1.165) is 11.6 Å². The predicted molar refractivity (Wildman–Crippen MR) is 81.9 cm³/mol. The highest BCUT2D eigenvalue weighted by Crippen LogP contribution is 2.36. The second-order valence-electron chi connectivity index (χ2n) is 5.37. The van der Waals surface area contributed by atoms with Gasteiger partial charge < -0.3 is 4.57 Å². The van der Waals surface area contributed by atoms with Gasteiger partial charge in [-0.3, -0.25) is 0 Å². The summed E-state index contributed by atoms with van der Waals surface area (Å²) >= 11 is 0. The van der Waals surface area contributed by atoms with Crippen LogP contribution in [-0.2, 0) is 6.18 Å². The maximum absolute atomic E-state index is 13.1. The van der Waals surface area contributed by atoms with Gasteiger partial charge in [0, 0.05) is 17.1 Å². The van der Waals surface area contributed by atoms with Crippen LogP contribution in [0.15, 0.2) is 54.7 Å². The number of rotatable bonds is 2. The van der Waals surface area contributed by atoms with Crippen LogP contribution in [0.2, 0.25) is 0 Å². The van der Waals surface area contributed by atoms with E-state index in [-0.39, 0.29) is 11.4 Å². The molecule has 1 unspecified atom stereocenters. The van der Waals surface area contributed by atoms with E-state index in [4.69, 9.17) is 5.26 Å². The van der Waals surface area contributed by atoms with Gasteiger partial charge in [-0.25, -0.2) is 0 Å². The van der Waals surface area contributed by atoms with Crippen LogP contribution in [0.1, 0.15) is 29.7 Å². The summed E-state index contributed by atoms with van der Waals surface area (Å²) in [6, 6.07) is 14.7. The minimum absolute atomic E-state index is 0.177. The first-order chi connectivity index (χ1) is 10.9. The molecule has 3 aromatic rings. The van der Waals surface area contributed by atoms with Gasteiger partial charge in [0.15, 0.2) is 0 Å². The largest absolute Gasteiger partial charge is 0.417 e. The van der Waals surface area contributed by atoms with Crippen molar-refractivity contribution >= 4 is 10.9 Å². The fourth-order valence-corrected chi connectivity index (χ4v) is 2.80. The molecule has 0 amide bonds. The number of nitrogens with zero attached hydrogens (tertiary/aromatic N) is 2. The molecule has 0 aliphatic carbocycles. The molecule has 116 valence electrons. The van der Waals surface area contributed by atoms with Crippen molar-refractivity contribution in [3.63, 3.8) is 0 Å². The van der Waals surface area contributed by atoms with Gasteiger partial charge in [-0.15, -0.1) is 0 Å². The number of benzene rings is 2. The van der Waals surface area contributed by atoms with E-state index < -0.39 is 11.7 Å². The lowest BCUT2D eigenvalue weighted by Gasteiger charge is -2.17. The molecule has 0 N–H and O–H groups in total. The minimum Gasteiger partial charge on any atom is -0.340 e. The van der Waals surface area contributed by atoms with Gasteiger partial charge in [-0.2, -0.15) is 18.4 Å². The van der Waals surface area contributed by atoms with Gasteiger partial charge >= 0.3 is 6.18 Å². The highest BCUT2D eigenvalue weighted by atomic mass is 19.4. The average molecular weight is 314 g/mol. The van der Waals surface area contributed by atoms with Crippen LogP contribution in [0.4, 0.5) is 13.2 Å².